The molecule has 1 atom stereocenters. The monoisotopic (exact) mass is 368 g/mol. The van der Waals surface area contributed by atoms with Crippen LogP contribution in [0.4, 0.5) is 0 Å². The number of nitrogens with zero attached hydrogens (tertiary/aromatic N) is 1. The third-order valence-electron chi connectivity index (χ3n) is 4.48. The highest BCUT2D eigenvalue weighted by molar-refractivity contribution is 6.05. The number of esters is 1. The van der Waals surface area contributed by atoms with Crippen LogP contribution >= 0.6 is 0 Å². The Hall–Kier alpha value is -3.22. The van der Waals surface area contributed by atoms with Gasteiger partial charge in [-0.2, -0.15) is 0 Å². The van der Waals surface area contributed by atoms with Crippen LogP contribution in [0.5, 0.6) is 0 Å². The van der Waals surface area contributed by atoms with E-state index in [2.05, 4.69) is 10.1 Å². The fourth-order valence-electron chi connectivity index (χ4n) is 3.22. The molecule has 0 aliphatic heterocycles. The van der Waals surface area contributed by atoms with Gasteiger partial charge < -0.3 is 14.2 Å². The molecule has 7 heteroatoms. The predicted molar refractivity (Wildman–Crippen MR) is 97.9 cm³/mol. The molecule has 1 N–H and O–H groups in total. The fourth-order valence-corrected chi connectivity index (χ4v) is 3.22. The van der Waals surface area contributed by atoms with Crippen molar-refractivity contribution in [2.45, 2.75) is 40.2 Å². The normalized spacial score (nSPS) is 12.1. The van der Waals surface area contributed by atoms with Crippen molar-refractivity contribution >= 4 is 28.5 Å². The summed E-state index contributed by atoms with van der Waals surface area (Å²) in [6.45, 7) is 6.38. The van der Waals surface area contributed by atoms with Crippen LogP contribution in [0, 0.1) is 13.8 Å². The zero-order valence-corrected chi connectivity index (χ0v) is 15.6. The quantitative estimate of drug-likeness (QED) is 0.529. The Bertz CT molecular complexity index is 1040. The van der Waals surface area contributed by atoms with Gasteiger partial charge in [-0.1, -0.05) is 17.3 Å². The molecule has 2 aromatic heterocycles. The van der Waals surface area contributed by atoms with E-state index in [1.165, 1.54) is 13.8 Å². The number of ether oxygens (including phenoxy) is 1. The van der Waals surface area contributed by atoms with Crippen molar-refractivity contribution in [3.63, 3.8) is 0 Å². The van der Waals surface area contributed by atoms with E-state index in [4.69, 9.17) is 9.26 Å². The minimum Gasteiger partial charge on any atom is -0.454 e. The van der Waals surface area contributed by atoms with E-state index in [0.29, 0.717) is 28.1 Å². The van der Waals surface area contributed by atoms with Gasteiger partial charge in [0.15, 0.2) is 17.5 Å². The molecular formula is C20H20N2O5. The van der Waals surface area contributed by atoms with E-state index in [-0.39, 0.29) is 23.7 Å². The van der Waals surface area contributed by atoms with Crippen molar-refractivity contribution in [1.29, 1.82) is 0 Å². The number of Topliss-reactive ketones (excluding diaryl/α,β-unsaturated/α-hetero) is 2. The van der Waals surface area contributed by atoms with Crippen molar-refractivity contribution in [3.8, 4) is 0 Å². The number of fused-ring (bicyclic) bond motifs is 1. The van der Waals surface area contributed by atoms with Crippen LogP contribution in [0.2, 0.25) is 0 Å². The first kappa shape index (κ1) is 18.6. The molecule has 0 fully saturated rings. The summed E-state index contributed by atoms with van der Waals surface area (Å²) in [5.41, 5.74) is 3.00. The molecule has 0 saturated heterocycles. The Labute approximate surface area is 155 Å². The van der Waals surface area contributed by atoms with E-state index in [0.717, 1.165) is 5.39 Å². The highest BCUT2D eigenvalue weighted by Crippen LogP contribution is 2.21. The van der Waals surface area contributed by atoms with Gasteiger partial charge in [-0.05, 0) is 45.4 Å². The third-order valence-corrected chi connectivity index (χ3v) is 4.48. The Morgan fingerprint density at radius 1 is 1.22 bits per heavy atom. The summed E-state index contributed by atoms with van der Waals surface area (Å²) in [6, 6.07) is 7.19. The molecule has 3 rings (SSSR count). The molecule has 0 aliphatic rings. The first-order valence-electron chi connectivity index (χ1n) is 8.56. The molecule has 0 aliphatic carbocycles. The van der Waals surface area contributed by atoms with E-state index in [1.807, 2.05) is 12.1 Å². The predicted octanol–water partition coefficient (Wildman–Crippen LogP) is 3.33. The fraction of sp³-hybridized carbons (Fsp3) is 0.300. The molecule has 1 aromatic carbocycles. The molecule has 0 spiro atoms. The second kappa shape index (κ2) is 7.19. The number of rotatable bonds is 6. The van der Waals surface area contributed by atoms with E-state index >= 15 is 0 Å². The third kappa shape index (κ3) is 3.53. The Morgan fingerprint density at radius 2 is 1.93 bits per heavy atom. The van der Waals surface area contributed by atoms with Crippen LogP contribution < -0.4 is 0 Å². The van der Waals surface area contributed by atoms with Gasteiger partial charge in [0.2, 0.25) is 5.78 Å². The molecule has 0 amide bonds. The lowest BCUT2D eigenvalue weighted by atomic mass is 10.0. The lowest BCUT2D eigenvalue weighted by molar-refractivity contribution is -0.145. The zero-order chi connectivity index (χ0) is 19.7. The molecule has 2 heterocycles. The van der Waals surface area contributed by atoms with Gasteiger partial charge in [-0.3, -0.25) is 14.4 Å². The van der Waals surface area contributed by atoms with E-state index in [1.54, 1.807) is 26.0 Å². The summed E-state index contributed by atoms with van der Waals surface area (Å²) in [5, 5.41) is 4.62. The maximum Gasteiger partial charge on any atom is 0.312 e. The summed E-state index contributed by atoms with van der Waals surface area (Å²) < 4.78 is 10.4. The van der Waals surface area contributed by atoms with Crippen molar-refractivity contribution in [2.75, 3.05) is 0 Å². The molecular weight excluding hydrogens is 348 g/mol. The Kier molecular flexibility index (Phi) is 4.94. The number of carbonyl (C=O) groups is 3. The first-order chi connectivity index (χ1) is 12.8. The van der Waals surface area contributed by atoms with Crippen LogP contribution in [-0.2, 0) is 16.0 Å². The van der Waals surface area contributed by atoms with Crippen molar-refractivity contribution in [3.05, 3.63) is 52.5 Å². The number of hydrogen-bond acceptors (Lipinski definition) is 6. The molecule has 0 saturated carbocycles. The number of H-pyrrole nitrogens is 1. The van der Waals surface area contributed by atoms with Gasteiger partial charge in [-0.15, -0.1) is 0 Å². The average molecular weight is 368 g/mol. The summed E-state index contributed by atoms with van der Waals surface area (Å²) in [5.74, 6) is -1.09. The van der Waals surface area contributed by atoms with Crippen molar-refractivity contribution in [2.24, 2.45) is 0 Å². The Morgan fingerprint density at radius 3 is 2.59 bits per heavy atom. The number of para-hydroxylation sites is 1. The number of aromatic nitrogens is 2. The maximum atomic E-state index is 12.7. The van der Waals surface area contributed by atoms with E-state index in [9.17, 15) is 14.4 Å². The number of nitrogens with one attached hydrogen (secondary N) is 1. The minimum absolute atomic E-state index is 0.101. The van der Waals surface area contributed by atoms with Gasteiger partial charge in [0.1, 0.15) is 5.69 Å². The minimum atomic E-state index is -0.993. The average Bonchev–Trinajstić information content (AvgIpc) is 3.14. The van der Waals surface area contributed by atoms with Crippen LogP contribution in [0.25, 0.3) is 11.0 Å². The van der Waals surface area contributed by atoms with Crippen LogP contribution in [0.3, 0.4) is 0 Å². The topological polar surface area (TPSA) is 102 Å². The van der Waals surface area contributed by atoms with Crippen LogP contribution in [0.15, 0.2) is 28.8 Å². The summed E-state index contributed by atoms with van der Waals surface area (Å²) in [4.78, 5) is 39.5. The van der Waals surface area contributed by atoms with Crippen LogP contribution in [0.1, 0.15) is 51.6 Å². The second-order valence-electron chi connectivity index (χ2n) is 6.48. The van der Waals surface area contributed by atoms with Crippen molar-refractivity contribution in [1.82, 2.24) is 10.1 Å². The number of aryl methyl sites for hydroxylation is 1. The standard InChI is InChI=1S/C20H20N2O5/c1-10-18(12(3)23)11(2)21-19(10)20(25)13(4)26-17(24)9-15-14-7-5-6-8-16(14)27-22-15/h5-8,13,21H,9H2,1-4H3/t13-/m1/s1. The zero-order valence-electron chi connectivity index (χ0n) is 15.6. The van der Waals surface area contributed by atoms with Gasteiger partial charge in [-0.25, -0.2) is 0 Å². The molecule has 3 aromatic rings. The molecule has 0 bridgehead atoms. The molecule has 7 nitrogen and oxygen atoms in total. The summed E-state index contributed by atoms with van der Waals surface area (Å²) >= 11 is 0. The van der Waals surface area contributed by atoms with Gasteiger partial charge >= 0.3 is 5.97 Å². The second-order valence-corrected chi connectivity index (χ2v) is 6.48. The first-order valence-corrected chi connectivity index (χ1v) is 8.56. The lowest BCUT2D eigenvalue weighted by Gasteiger charge is -2.11. The van der Waals surface area contributed by atoms with Gasteiger partial charge in [0, 0.05) is 16.6 Å². The van der Waals surface area contributed by atoms with E-state index < -0.39 is 12.1 Å². The van der Waals surface area contributed by atoms with Gasteiger partial charge in [0.05, 0.1) is 12.1 Å². The summed E-state index contributed by atoms with van der Waals surface area (Å²) in [6.07, 6.45) is -1.09. The lowest BCUT2D eigenvalue weighted by Crippen LogP contribution is -2.26. The highest BCUT2D eigenvalue weighted by Gasteiger charge is 2.26. The van der Waals surface area contributed by atoms with Crippen molar-refractivity contribution < 1.29 is 23.6 Å². The van der Waals surface area contributed by atoms with Gasteiger partial charge in [0.25, 0.3) is 0 Å². The number of carbonyl (C=O) groups excluding carboxylic acids is 3. The molecule has 140 valence electrons. The Balaban J connectivity index is 1.72. The largest absolute Gasteiger partial charge is 0.454 e. The number of hydrogen-bond donors (Lipinski definition) is 1. The number of benzene rings is 1. The maximum absolute atomic E-state index is 12.7. The molecule has 0 radical (unpaired) electrons. The highest BCUT2D eigenvalue weighted by atomic mass is 16.5. The molecule has 0 unspecified atom stereocenters. The molecule has 27 heavy (non-hydrogen) atoms. The van der Waals surface area contributed by atoms with Crippen LogP contribution in [-0.4, -0.2) is 33.8 Å². The number of aromatic amines is 1. The smallest absolute Gasteiger partial charge is 0.312 e. The number of ketones is 2. The SMILES string of the molecule is CC(=O)c1c(C)[nH]c(C(=O)[C@@H](C)OC(=O)Cc2noc3ccccc23)c1C. The summed E-state index contributed by atoms with van der Waals surface area (Å²) in [7, 11) is 0.